The number of ether oxygens (including phenoxy) is 1. The number of fused-ring (bicyclic) bond motifs is 1. The van der Waals surface area contributed by atoms with Gasteiger partial charge in [-0.05, 0) is 35.7 Å². The van der Waals surface area contributed by atoms with E-state index in [1.54, 1.807) is 0 Å². The maximum atomic E-state index is 11.2. The monoisotopic (exact) mass is 302 g/mol. The summed E-state index contributed by atoms with van der Waals surface area (Å²) >= 11 is 12.9. The van der Waals surface area contributed by atoms with Gasteiger partial charge in [0.15, 0.2) is 0 Å². The average Bonchev–Trinajstić information content (AvgIpc) is 2.64. The van der Waals surface area contributed by atoms with Gasteiger partial charge in [-0.15, -0.1) is 11.3 Å². The predicted octanol–water partition coefficient (Wildman–Crippen LogP) is 4.97. The normalized spacial score (nSPS) is 11.2. The van der Waals surface area contributed by atoms with Gasteiger partial charge in [0, 0.05) is 10.1 Å². The van der Waals surface area contributed by atoms with Crippen LogP contribution in [0.2, 0.25) is 5.02 Å². The van der Waals surface area contributed by atoms with E-state index in [-0.39, 0.29) is 0 Å². The van der Waals surface area contributed by atoms with Crippen LogP contribution in [0.1, 0.15) is 23.5 Å². The van der Waals surface area contributed by atoms with E-state index in [0.29, 0.717) is 22.4 Å². The molecule has 1 aromatic heterocycles. The smallest absolute Gasteiger partial charge is 0.263 e. The standard InChI is InChI=1S/C13H12Cl2O2S/c1-7(2)6-17-8-3-4-9-10(5-8)18-12(11(9)14)13(15)16/h3-5,7H,6H2,1-2H3. The van der Waals surface area contributed by atoms with Gasteiger partial charge in [0.05, 0.1) is 11.6 Å². The van der Waals surface area contributed by atoms with Gasteiger partial charge < -0.3 is 4.74 Å². The molecule has 0 bridgehead atoms. The van der Waals surface area contributed by atoms with Crippen molar-refractivity contribution in [2.45, 2.75) is 13.8 Å². The van der Waals surface area contributed by atoms with Crippen molar-refractivity contribution in [3.8, 4) is 5.75 Å². The molecule has 2 rings (SSSR count). The van der Waals surface area contributed by atoms with Crippen molar-refractivity contribution in [2.75, 3.05) is 6.61 Å². The minimum atomic E-state index is -0.522. The van der Waals surface area contributed by atoms with Crippen LogP contribution in [-0.4, -0.2) is 11.8 Å². The topological polar surface area (TPSA) is 26.3 Å². The SMILES string of the molecule is CC(C)COc1ccc2c(Cl)c(C(=O)Cl)sc2c1. The van der Waals surface area contributed by atoms with Crippen molar-refractivity contribution >= 4 is 49.9 Å². The Morgan fingerprint density at radius 2 is 2.17 bits per heavy atom. The van der Waals surface area contributed by atoms with E-state index in [9.17, 15) is 4.79 Å². The van der Waals surface area contributed by atoms with Crippen molar-refractivity contribution in [2.24, 2.45) is 5.92 Å². The van der Waals surface area contributed by atoms with Gasteiger partial charge in [-0.2, -0.15) is 0 Å². The highest BCUT2D eigenvalue weighted by Crippen LogP contribution is 2.38. The highest BCUT2D eigenvalue weighted by atomic mass is 35.5. The molecule has 96 valence electrons. The molecule has 0 atom stereocenters. The molecule has 0 aliphatic carbocycles. The van der Waals surface area contributed by atoms with Crippen LogP contribution in [0.15, 0.2) is 18.2 Å². The number of rotatable bonds is 4. The van der Waals surface area contributed by atoms with E-state index in [2.05, 4.69) is 13.8 Å². The van der Waals surface area contributed by atoms with Crippen molar-refractivity contribution in [1.82, 2.24) is 0 Å². The number of carbonyl (C=O) groups excluding carboxylic acids is 1. The van der Waals surface area contributed by atoms with Crippen LogP contribution in [0, 0.1) is 5.92 Å². The zero-order valence-electron chi connectivity index (χ0n) is 10.00. The second kappa shape index (κ2) is 5.47. The fraction of sp³-hybridized carbons (Fsp3) is 0.308. The number of benzene rings is 1. The third kappa shape index (κ3) is 2.79. The Morgan fingerprint density at radius 3 is 2.78 bits per heavy atom. The highest BCUT2D eigenvalue weighted by Gasteiger charge is 2.15. The summed E-state index contributed by atoms with van der Waals surface area (Å²) in [7, 11) is 0. The quantitative estimate of drug-likeness (QED) is 0.745. The Hall–Kier alpha value is -0.770. The summed E-state index contributed by atoms with van der Waals surface area (Å²) in [5.41, 5.74) is 0. The van der Waals surface area contributed by atoms with E-state index in [1.807, 2.05) is 18.2 Å². The van der Waals surface area contributed by atoms with Crippen LogP contribution in [0.4, 0.5) is 0 Å². The largest absolute Gasteiger partial charge is 0.493 e. The fourth-order valence-electron chi connectivity index (χ4n) is 1.52. The average molecular weight is 303 g/mol. The summed E-state index contributed by atoms with van der Waals surface area (Å²) in [6.45, 7) is 4.83. The predicted molar refractivity (Wildman–Crippen MR) is 77.4 cm³/mol. The zero-order valence-corrected chi connectivity index (χ0v) is 12.3. The molecule has 0 saturated carbocycles. The van der Waals surface area contributed by atoms with E-state index in [4.69, 9.17) is 27.9 Å². The molecule has 0 saturated heterocycles. The van der Waals surface area contributed by atoms with Crippen molar-refractivity contribution in [3.05, 3.63) is 28.1 Å². The van der Waals surface area contributed by atoms with E-state index < -0.39 is 5.24 Å². The first-order chi connectivity index (χ1) is 8.49. The summed E-state index contributed by atoms with van der Waals surface area (Å²) in [4.78, 5) is 11.6. The van der Waals surface area contributed by atoms with Crippen LogP contribution in [0.3, 0.4) is 0 Å². The molecule has 2 nitrogen and oxygen atoms in total. The van der Waals surface area contributed by atoms with Crippen LogP contribution in [0.5, 0.6) is 5.75 Å². The fourth-order valence-corrected chi connectivity index (χ4v) is 3.16. The molecular weight excluding hydrogens is 291 g/mol. The number of halogens is 2. The van der Waals surface area contributed by atoms with Crippen LogP contribution in [-0.2, 0) is 0 Å². The van der Waals surface area contributed by atoms with Gasteiger partial charge in [0.2, 0.25) is 0 Å². The van der Waals surface area contributed by atoms with E-state index in [0.717, 1.165) is 15.8 Å². The van der Waals surface area contributed by atoms with Crippen LogP contribution >= 0.6 is 34.5 Å². The Morgan fingerprint density at radius 1 is 1.44 bits per heavy atom. The van der Waals surface area contributed by atoms with Gasteiger partial charge in [-0.1, -0.05) is 25.4 Å². The van der Waals surface area contributed by atoms with Crippen molar-refractivity contribution < 1.29 is 9.53 Å². The lowest BCUT2D eigenvalue weighted by Crippen LogP contribution is -2.04. The van der Waals surface area contributed by atoms with Gasteiger partial charge in [0.25, 0.3) is 5.24 Å². The first-order valence-corrected chi connectivity index (χ1v) is 7.11. The molecular formula is C13H12Cl2O2S. The molecule has 0 aliphatic heterocycles. The number of thiophene rings is 1. The van der Waals surface area contributed by atoms with Gasteiger partial charge in [-0.3, -0.25) is 4.79 Å². The second-order valence-corrected chi connectivity index (χ2v) is 6.16. The number of hydrogen-bond acceptors (Lipinski definition) is 3. The Balaban J connectivity index is 2.37. The summed E-state index contributed by atoms with van der Waals surface area (Å²) in [5.74, 6) is 1.25. The molecule has 0 spiro atoms. The number of hydrogen-bond donors (Lipinski definition) is 0. The first-order valence-electron chi connectivity index (χ1n) is 5.53. The maximum Gasteiger partial charge on any atom is 0.263 e. The van der Waals surface area contributed by atoms with Crippen LogP contribution in [0.25, 0.3) is 10.1 Å². The molecule has 1 heterocycles. The lowest BCUT2D eigenvalue weighted by atomic mass is 10.2. The Bertz CT molecular complexity index is 590. The second-order valence-electron chi connectivity index (χ2n) is 4.38. The molecule has 2 aromatic rings. The summed E-state index contributed by atoms with van der Waals surface area (Å²) < 4.78 is 6.54. The molecule has 0 fully saturated rings. The minimum absolute atomic E-state index is 0.384. The zero-order chi connectivity index (χ0) is 13.3. The molecule has 0 amide bonds. The molecule has 5 heteroatoms. The Kier molecular flexibility index (Phi) is 4.15. The lowest BCUT2D eigenvalue weighted by Gasteiger charge is -2.08. The third-order valence-electron chi connectivity index (χ3n) is 2.36. The maximum absolute atomic E-state index is 11.2. The van der Waals surface area contributed by atoms with Gasteiger partial charge >= 0.3 is 0 Å². The Labute approximate surface area is 119 Å². The first kappa shape index (κ1) is 13.7. The third-order valence-corrected chi connectivity index (χ3v) is 4.32. The van der Waals surface area contributed by atoms with Gasteiger partial charge in [-0.25, -0.2) is 0 Å². The molecule has 0 radical (unpaired) electrons. The van der Waals surface area contributed by atoms with Gasteiger partial charge in [0.1, 0.15) is 10.6 Å². The summed E-state index contributed by atoms with van der Waals surface area (Å²) in [6, 6.07) is 5.59. The van der Waals surface area contributed by atoms with Crippen LogP contribution < -0.4 is 4.74 Å². The van der Waals surface area contributed by atoms with E-state index in [1.165, 1.54) is 11.3 Å². The minimum Gasteiger partial charge on any atom is -0.493 e. The number of carbonyl (C=O) groups is 1. The molecule has 18 heavy (non-hydrogen) atoms. The summed E-state index contributed by atoms with van der Waals surface area (Å²) in [5, 5.41) is 0.735. The lowest BCUT2D eigenvalue weighted by molar-refractivity contribution is 0.108. The molecule has 1 aromatic carbocycles. The molecule has 0 N–H and O–H groups in total. The molecule has 0 aliphatic rings. The van der Waals surface area contributed by atoms with Crippen molar-refractivity contribution in [3.63, 3.8) is 0 Å². The highest BCUT2D eigenvalue weighted by molar-refractivity contribution is 7.23. The summed E-state index contributed by atoms with van der Waals surface area (Å²) in [6.07, 6.45) is 0. The van der Waals surface area contributed by atoms with E-state index >= 15 is 0 Å². The van der Waals surface area contributed by atoms with Crippen molar-refractivity contribution in [1.29, 1.82) is 0 Å². The molecule has 0 unspecified atom stereocenters.